The Balaban J connectivity index is 2.46. The molecule has 0 saturated carbocycles. The molecule has 1 aliphatic heterocycles. The number of nitrogens with two attached hydrogens (primary N) is 1. The lowest BCUT2D eigenvalue weighted by atomic mass is 9.80. The van der Waals surface area contributed by atoms with E-state index in [1.54, 1.807) is 30.3 Å². The van der Waals surface area contributed by atoms with Crippen LogP contribution < -0.4 is 10.6 Å². The van der Waals surface area contributed by atoms with E-state index in [-0.39, 0.29) is 33.9 Å². The molecule has 0 fully saturated rings. The standard InChI is InChI=1S/C25H24FN3O6/c1-32-23(30)20-19(14-8-6-5-7-9-14)17(13-27)22(28)29(21(20)24(31)33-2)18-11-10-15(26)12-16(18)25(34-3)35-4/h5-12,19,25H,28H2,1-4H3. The van der Waals surface area contributed by atoms with E-state index in [0.717, 1.165) is 31.3 Å². The molecule has 1 atom stereocenters. The number of ether oxygens (including phenoxy) is 4. The van der Waals surface area contributed by atoms with Gasteiger partial charge in [0, 0.05) is 19.8 Å². The zero-order chi connectivity index (χ0) is 25.7. The van der Waals surface area contributed by atoms with Crippen molar-refractivity contribution in [3.8, 4) is 6.07 Å². The van der Waals surface area contributed by atoms with Crippen LogP contribution in [-0.2, 0) is 28.5 Å². The third-order valence-corrected chi connectivity index (χ3v) is 5.52. The van der Waals surface area contributed by atoms with Crippen molar-refractivity contribution in [3.63, 3.8) is 0 Å². The molecule has 0 bridgehead atoms. The Hall–Kier alpha value is -4.20. The summed E-state index contributed by atoms with van der Waals surface area (Å²) in [5.74, 6) is -3.59. The first kappa shape index (κ1) is 25.4. The smallest absolute Gasteiger partial charge is 0.355 e. The molecule has 0 amide bonds. The number of nitriles is 1. The van der Waals surface area contributed by atoms with Gasteiger partial charge >= 0.3 is 11.9 Å². The molecular weight excluding hydrogens is 457 g/mol. The maximum atomic E-state index is 14.2. The molecule has 2 aromatic rings. The van der Waals surface area contributed by atoms with E-state index >= 15 is 0 Å². The largest absolute Gasteiger partial charge is 0.466 e. The van der Waals surface area contributed by atoms with Gasteiger partial charge in [-0.05, 0) is 23.8 Å². The van der Waals surface area contributed by atoms with Crippen LogP contribution in [0.25, 0.3) is 0 Å². The van der Waals surface area contributed by atoms with Crippen LogP contribution in [0.4, 0.5) is 10.1 Å². The molecule has 0 radical (unpaired) electrons. The zero-order valence-corrected chi connectivity index (χ0v) is 19.6. The van der Waals surface area contributed by atoms with Gasteiger partial charge in [0.1, 0.15) is 17.3 Å². The van der Waals surface area contributed by atoms with Gasteiger partial charge in [0.05, 0.1) is 43.0 Å². The van der Waals surface area contributed by atoms with Crippen molar-refractivity contribution in [2.45, 2.75) is 12.2 Å². The summed E-state index contributed by atoms with van der Waals surface area (Å²) in [6, 6.07) is 14.3. The summed E-state index contributed by atoms with van der Waals surface area (Å²) in [5, 5.41) is 10.1. The molecule has 0 spiro atoms. The molecular formula is C25H24FN3O6. The van der Waals surface area contributed by atoms with Gasteiger partial charge in [-0.1, -0.05) is 30.3 Å². The van der Waals surface area contributed by atoms with Crippen molar-refractivity contribution < 1.29 is 32.9 Å². The topological polar surface area (TPSA) is 124 Å². The maximum Gasteiger partial charge on any atom is 0.355 e. The quantitative estimate of drug-likeness (QED) is 0.469. The van der Waals surface area contributed by atoms with Gasteiger partial charge in [-0.25, -0.2) is 14.0 Å². The fraction of sp³-hybridized carbons (Fsp3) is 0.240. The van der Waals surface area contributed by atoms with Gasteiger partial charge in [-0.15, -0.1) is 0 Å². The van der Waals surface area contributed by atoms with Crippen LogP contribution in [0.15, 0.2) is 71.2 Å². The van der Waals surface area contributed by atoms with Crippen LogP contribution >= 0.6 is 0 Å². The number of benzene rings is 2. The molecule has 1 aliphatic rings. The normalized spacial score (nSPS) is 15.8. The van der Waals surface area contributed by atoms with Crippen LogP contribution in [0.5, 0.6) is 0 Å². The van der Waals surface area contributed by atoms with Crippen molar-refractivity contribution in [1.29, 1.82) is 5.26 Å². The third kappa shape index (κ3) is 4.59. The number of nitrogens with zero attached hydrogens (tertiary/aromatic N) is 2. The fourth-order valence-corrected chi connectivity index (χ4v) is 4.03. The molecule has 2 aromatic carbocycles. The first-order valence-corrected chi connectivity index (χ1v) is 10.3. The number of allylic oxidation sites excluding steroid dienone is 1. The summed E-state index contributed by atoms with van der Waals surface area (Å²) < 4.78 is 34.9. The van der Waals surface area contributed by atoms with E-state index in [0.29, 0.717) is 5.56 Å². The van der Waals surface area contributed by atoms with Crippen LogP contribution in [0, 0.1) is 17.1 Å². The molecule has 0 aromatic heterocycles. The Bertz CT molecular complexity index is 1230. The Morgan fingerprint density at radius 2 is 1.66 bits per heavy atom. The monoisotopic (exact) mass is 481 g/mol. The van der Waals surface area contributed by atoms with Crippen LogP contribution in [-0.4, -0.2) is 40.4 Å². The van der Waals surface area contributed by atoms with Crippen LogP contribution in [0.1, 0.15) is 23.3 Å². The predicted molar refractivity (Wildman–Crippen MR) is 123 cm³/mol. The molecule has 1 heterocycles. The van der Waals surface area contributed by atoms with E-state index in [9.17, 15) is 19.2 Å². The summed E-state index contributed by atoms with van der Waals surface area (Å²) in [5.41, 5.74) is 6.82. The summed E-state index contributed by atoms with van der Waals surface area (Å²) in [6.45, 7) is 0. The molecule has 0 aliphatic carbocycles. The highest BCUT2D eigenvalue weighted by Gasteiger charge is 2.43. The lowest BCUT2D eigenvalue weighted by molar-refractivity contribution is -0.139. The zero-order valence-electron chi connectivity index (χ0n) is 19.6. The van der Waals surface area contributed by atoms with Crippen molar-refractivity contribution >= 4 is 17.6 Å². The summed E-state index contributed by atoms with van der Waals surface area (Å²) in [6.07, 6.45) is -1.06. The van der Waals surface area contributed by atoms with Gasteiger partial charge in [0.15, 0.2) is 6.29 Å². The Morgan fingerprint density at radius 1 is 1.03 bits per heavy atom. The number of carbonyl (C=O) groups excluding carboxylic acids is 2. The highest BCUT2D eigenvalue weighted by atomic mass is 19.1. The van der Waals surface area contributed by atoms with Crippen LogP contribution in [0.2, 0.25) is 0 Å². The molecule has 10 heteroatoms. The van der Waals surface area contributed by atoms with E-state index < -0.39 is 30.0 Å². The molecule has 182 valence electrons. The molecule has 0 saturated heterocycles. The van der Waals surface area contributed by atoms with E-state index in [4.69, 9.17) is 24.7 Å². The Labute approximate surface area is 201 Å². The SMILES string of the molecule is COC(=O)C1=C(C(=O)OC)N(c2ccc(F)cc2C(OC)OC)C(N)=C(C#N)C1c1ccccc1. The fourth-order valence-electron chi connectivity index (χ4n) is 4.03. The van der Waals surface area contributed by atoms with Crippen molar-refractivity contribution in [2.24, 2.45) is 5.73 Å². The van der Waals surface area contributed by atoms with E-state index in [1.807, 2.05) is 0 Å². The van der Waals surface area contributed by atoms with Gasteiger partial charge in [-0.3, -0.25) is 4.90 Å². The van der Waals surface area contributed by atoms with Crippen molar-refractivity contribution in [3.05, 3.63) is 88.1 Å². The number of halogens is 1. The highest BCUT2D eigenvalue weighted by molar-refractivity contribution is 6.06. The second kappa shape index (κ2) is 10.8. The lowest BCUT2D eigenvalue weighted by Crippen LogP contribution is -2.41. The highest BCUT2D eigenvalue weighted by Crippen LogP contribution is 2.44. The summed E-state index contributed by atoms with van der Waals surface area (Å²) >= 11 is 0. The Morgan fingerprint density at radius 3 is 2.20 bits per heavy atom. The average Bonchev–Trinajstić information content (AvgIpc) is 2.88. The van der Waals surface area contributed by atoms with Crippen LogP contribution in [0.3, 0.4) is 0 Å². The molecule has 2 N–H and O–H groups in total. The first-order valence-electron chi connectivity index (χ1n) is 10.3. The van der Waals surface area contributed by atoms with Gasteiger partial charge in [-0.2, -0.15) is 5.26 Å². The van der Waals surface area contributed by atoms with Crippen molar-refractivity contribution in [2.75, 3.05) is 33.3 Å². The summed E-state index contributed by atoms with van der Waals surface area (Å²) in [4.78, 5) is 27.4. The van der Waals surface area contributed by atoms with E-state index in [1.165, 1.54) is 20.3 Å². The molecule has 3 rings (SSSR count). The van der Waals surface area contributed by atoms with E-state index in [2.05, 4.69) is 6.07 Å². The minimum Gasteiger partial charge on any atom is -0.466 e. The number of rotatable bonds is 7. The second-order valence-electron chi connectivity index (χ2n) is 7.34. The lowest BCUT2D eigenvalue weighted by Gasteiger charge is -2.37. The predicted octanol–water partition coefficient (Wildman–Crippen LogP) is 3.01. The molecule has 35 heavy (non-hydrogen) atoms. The van der Waals surface area contributed by atoms with Gasteiger partial charge in [0.2, 0.25) is 0 Å². The number of carbonyl (C=O) groups is 2. The van der Waals surface area contributed by atoms with Gasteiger partial charge < -0.3 is 24.7 Å². The minimum atomic E-state index is -1.06. The minimum absolute atomic E-state index is 0.0223. The Kier molecular flexibility index (Phi) is 7.86. The first-order chi connectivity index (χ1) is 16.8. The maximum absolute atomic E-state index is 14.2. The number of hydrogen-bond acceptors (Lipinski definition) is 9. The number of hydrogen-bond donors (Lipinski definition) is 1. The molecule has 9 nitrogen and oxygen atoms in total. The number of anilines is 1. The summed E-state index contributed by atoms with van der Waals surface area (Å²) in [7, 11) is 4.99. The van der Waals surface area contributed by atoms with Crippen molar-refractivity contribution in [1.82, 2.24) is 0 Å². The number of esters is 2. The average molecular weight is 481 g/mol. The number of methoxy groups -OCH3 is 4. The van der Waals surface area contributed by atoms with Gasteiger partial charge in [0.25, 0.3) is 0 Å². The second-order valence-corrected chi connectivity index (χ2v) is 7.34. The molecule has 1 unspecified atom stereocenters. The third-order valence-electron chi connectivity index (χ3n) is 5.52.